The number of benzene rings is 2. The van der Waals surface area contributed by atoms with Crippen LogP contribution in [0.25, 0.3) is 10.8 Å². The van der Waals surface area contributed by atoms with E-state index in [1.807, 2.05) is 30.5 Å². The monoisotopic (exact) mass is 406 g/mol. The fourth-order valence-corrected chi connectivity index (χ4v) is 4.39. The molecule has 6 heteroatoms. The number of hydrogen-bond acceptors (Lipinski definition) is 5. The standard InChI is InChI=1S/C24H26N2O4/c1-29-20-4-3-5-21(30-2)22(20)23(26-12-9-16(10-13-26)24(27)28)18-6-7-19-15-25-11-8-17(19)14-18/h3-8,11,14-16,23H,9-10,12-13H2,1-2H3,(H,27,28). The van der Waals surface area contributed by atoms with E-state index in [0.29, 0.717) is 25.9 Å². The molecule has 4 rings (SSSR count). The molecule has 1 fully saturated rings. The first kappa shape index (κ1) is 20.2. The molecule has 0 amide bonds. The summed E-state index contributed by atoms with van der Waals surface area (Å²) in [6.07, 6.45) is 4.90. The number of piperidine rings is 1. The minimum atomic E-state index is -0.709. The molecule has 2 aromatic carbocycles. The van der Waals surface area contributed by atoms with Gasteiger partial charge in [0.15, 0.2) is 0 Å². The molecule has 1 atom stereocenters. The average molecular weight is 406 g/mol. The van der Waals surface area contributed by atoms with Gasteiger partial charge < -0.3 is 14.6 Å². The van der Waals surface area contributed by atoms with Crippen molar-refractivity contribution in [1.29, 1.82) is 0 Å². The molecular formula is C24H26N2O4. The van der Waals surface area contributed by atoms with Crippen LogP contribution in [0.4, 0.5) is 0 Å². The molecule has 0 saturated carbocycles. The third-order valence-electron chi connectivity index (χ3n) is 5.96. The van der Waals surface area contributed by atoms with Crippen molar-refractivity contribution >= 4 is 16.7 Å². The van der Waals surface area contributed by atoms with Crippen LogP contribution in [0.2, 0.25) is 0 Å². The lowest BCUT2D eigenvalue weighted by atomic mass is 9.89. The molecule has 1 aliphatic heterocycles. The van der Waals surface area contributed by atoms with Crippen LogP contribution in [0.1, 0.15) is 30.0 Å². The quantitative estimate of drug-likeness (QED) is 0.663. The average Bonchev–Trinajstić information content (AvgIpc) is 2.79. The number of ether oxygens (including phenoxy) is 2. The second kappa shape index (κ2) is 8.71. The van der Waals surface area contributed by atoms with E-state index in [0.717, 1.165) is 33.4 Å². The van der Waals surface area contributed by atoms with E-state index in [1.165, 1.54) is 0 Å². The van der Waals surface area contributed by atoms with Gasteiger partial charge in [-0.25, -0.2) is 0 Å². The highest BCUT2D eigenvalue weighted by molar-refractivity contribution is 5.82. The summed E-state index contributed by atoms with van der Waals surface area (Å²) in [5.41, 5.74) is 2.08. The summed E-state index contributed by atoms with van der Waals surface area (Å²) in [7, 11) is 3.33. The van der Waals surface area contributed by atoms with Gasteiger partial charge in [-0.05, 0) is 61.1 Å². The number of aromatic nitrogens is 1. The molecule has 1 aliphatic rings. The molecule has 0 aliphatic carbocycles. The van der Waals surface area contributed by atoms with Crippen molar-refractivity contribution in [3.8, 4) is 11.5 Å². The summed E-state index contributed by atoms with van der Waals surface area (Å²) in [4.78, 5) is 18.0. The predicted octanol–water partition coefficient (Wildman–Crippen LogP) is 4.14. The third-order valence-corrected chi connectivity index (χ3v) is 5.96. The van der Waals surface area contributed by atoms with Gasteiger partial charge in [0.05, 0.1) is 31.7 Å². The van der Waals surface area contributed by atoms with Gasteiger partial charge in [-0.1, -0.05) is 18.2 Å². The molecular weight excluding hydrogens is 380 g/mol. The number of likely N-dealkylation sites (tertiary alicyclic amines) is 1. The van der Waals surface area contributed by atoms with E-state index < -0.39 is 5.97 Å². The van der Waals surface area contributed by atoms with Gasteiger partial charge in [-0.15, -0.1) is 0 Å². The lowest BCUT2D eigenvalue weighted by Crippen LogP contribution is -2.39. The number of carboxylic acids is 1. The van der Waals surface area contributed by atoms with E-state index in [9.17, 15) is 9.90 Å². The Labute approximate surface area is 176 Å². The Morgan fingerprint density at radius 3 is 2.40 bits per heavy atom. The van der Waals surface area contributed by atoms with Crippen LogP contribution >= 0.6 is 0 Å². The van der Waals surface area contributed by atoms with E-state index in [-0.39, 0.29) is 12.0 Å². The van der Waals surface area contributed by atoms with Crippen molar-refractivity contribution < 1.29 is 19.4 Å². The third kappa shape index (κ3) is 3.83. The predicted molar refractivity (Wildman–Crippen MR) is 115 cm³/mol. The minimum Gasteiger partial charge on any atom is -0.496 e. The number of pyridine rings is 1. The molecule has 6 nitrogen and oxygen atoms in total. The minimum absolute atomic E-state index is 0.108. The van der Waals surface area contributed by atoms with Crippen LogP contribution in [-0.4, -0.2) is 48.3 Å². The van der Waals surface area contributed by atoms with Crippen molar-refractivity contribution in [1.82, 2.24) is 9.88 Å². The Hall–Kier alpha value is -3.12. The summed E-state index contributed by atoms with van der Waals surface area (Å²) in [5.74, 6) is 0.521. The van der Waals surface area contributed by atoms with Gasteiger partial charge >= 0.3 is 5.97 Å². The molecule has 30 heavy (non-hydrogen) atoms. The van der Waals surface area contributed by atoms with E-state index in [2.05, 4.69) is 28.1 Å². The number of carboxylic acid groups (broad SMARTS) is 1. The molecule has 1 unspecified atom stereocenters. The van der Waals surface area contributed by atoms with Crippen molar-refractivity contribution in [3.05, 3.63) is 66.0 Å². The summed E-state index contributed by atoms with van der Waals surface area (Å²) >= 11 is 0. The Balaban J connectivity index is 1.82. The van der Waals surface area contributed by atoms with Crippen LogP contribution in [0.5, 0.6) is 11.5 Å². The molecule has 3 aromatic rings. The van der Waals surface area contributed by atoms with Gasteiger partial charge in [0, 0.05) is 17.8 Å². The first-order valence-electron chi connectivity index (χ1n) is 10.1. The Morgan fingerprint density at radius 2 is 1.77 bits per heavy atom. The number of rotatable bonds is 6. The maximum atomic E-state index is 11.5. The number of fused-ring (bicyclic) bond motifs is 1. The molecule has 2 heterocycles. The lowest BCUT2D eigenvalue weighted by molar-refractivity contribution is -0.143. The summed E-state index contributed by atoms with van der Waals surface area (Å²) in [6, 6.07) is 14.1. The Kier molecular flexibility index (Phi) is 5.86. The highest BCUT2D eigenvalue weighted by Gasteiger charge is 2.33. The van der Waals surface area contributed by atoms with Gasteiger partial charge in [0.25, 0.3) is 0 Å². The fourth-order valence-electron chi connectivity index (χ4n) is 4.39. The first-order chi connectivity index (χ1) is 14.6. The zero-order chi connectivity index (χ0) is 21.1. The number of nitrogens with zero attached hydrogens (tertiary/aromatic N) is 2. The Morgan fingerprint density at radius 1 is 1.07 bits per heavy atom. The molecule has 0 bridgehead atoms. The van der Waals surface area contributed by atoms with Crippen molar-refractivity contribution in [2.75, 3.05) is 27.3 Å². The molecule has 156 valence electrons. The second-order valence-electron chi connectivity index (χ2n) is 7.61. The van der Waals surface area contributed by atoms with Crippen molar-refractivity contribution in [2.24, 2.45) is 5.92 Å². The van der Waals surface area contributed by atoms with E-state index >= 15 is 0 Å². The second-order valence-corrected chi connectivity index (χ2v) is 7.61. The van der Waals surface area contributed by atoms with Crippen LogP contribution in [0.15, 0.2) is 54.9 Å². The fraction of sp³-hybridized carbons (Fsp3) is 0.333. The molecule has 0 radical (unpaired) electrons. The zero-order valence-electron chi connectivity index (χ0n) is 17.2. The number of hydrogen-bond donors (Lipinski definition) is 1. The maximum Gasteiger partial charge on any atom is 0.306 e. The van der Waals surface area contributed by atoms with Gasteiger partial charge in [0.1, 0.15) is 11.5 Å². The highest BCUT2D eigenvalue weighted by Crippen LogP contribution is 2.42. The van der Waals surface area contributed by atoms with Crippen LogP contribution in [-0.2, 0) is 4.79 Å². The molecule has 1 N–H and O–H groups in total. The number of methoxy groups -OCH3 is 2. The van der Waals surface area contributed by atoms with E-state index in [4.69, 9.17) is 9.47 Å². The van der Waals surface area contributed by atoms with Crippen LogP contribution < -0.4 is 9.47 Å². The number of carbonyl (C=O) groups is 1. The normalized spacial score (nSPS) is 16.3. The Bertz CT molecular complexity index is 1020. The largest absolute Gasteiger partial charge is 0.496 e. The summed E-state index contributed by atoms with van der Waals surface area (Å²) < 4.78 is 11.4. The SMILES string of the molecule is COc1cccc(OC)c1C(c1ccc2cnccc2c1)N1CCC(C(=O)O)CC1. The smallest absolute Gasteiger partial charge is 0.306 e. The van der Waals surface area contributed by atoms with Crippen molar-refractivity contribution in [3.63, 3.8) is 0 Å². The highest BCUT2D eigenvalue weighted by atomic mass is 16.5. The zero-order valence-corrected chi connectivity index (χ0v) is 17.2. The lowest BCUT2D eigenvalue weighted by Gasteiger charge is -2.38. The van der Waals surface area contributed by atoms with Gasteiger partial charge in [-0.2, -0.15) is 0 Å². The number of aliphatic carboxylic acids is 1. The van der Waals surface area contributed by atoms with Crippen LogP contribution in [0.3, 0.4) is 0 Å². The summed E-state index contributed by atoms with van der Waals surface area (Å²) in [5, 5.41) is 11.6. The first-order valence-corrected chi connectivity index (χ1v) is 10.1. The van der Waals surface area contributed by atoms with E-state index in [1.54, 1.807) is 20.4 Å². The van der Waals surface area contributed by atoms with Gasteiger partial charge in [0.2, 0.25) is 0 Å². The molecule has 1 aromatic heterocycles. The van der Waals surface area contributed by atoms with Crippen molar-refractivity contribution in [2.45, 2.75) is 18.9 Å². The molecule has 1 saturated heterocycles. The van der Waals surface area contributed by atoms with Crippen LogP contribution in [0, 0.1) is 5.92 Å². The topological polar surface area (TPSA) is 71.9 Å². The summed E-state index contributed by atoms with van der Waals surface area (Å²) in [6.45, 7) is 1.38. The van der Waals surface area contributed by atoms with Gasteiger partial charge in [-0.3, -0.25) is 14.7 Å². The molecule has 0 spiro atoms. The maximum absolute atomic E-state index is 11.5.